The lowest BCUT2D eigenvalue weighted by molar-refractivity contribution is -0.908. The number of hydrogen-bond donors (Lipinski definition) is 2. The fourth-order valence-electron chi connectivity index (χ4n) is 4.32. The Hall–Kier alpha value is -2.40. The number of rotatable bonds is 3. The molecule has 0 aromatic heterocycles. The second-order valence-electron chi connectivity index (χ2n) is 8.03. The molecule has 27 heavy (non-hydrogen) atoms. The number of hydrogen-bond acceptors (Lipinski definition) is 2. The molecule has 0 saturated carbocycles. The van der Waals surface area contributed by atoms with Crippen molar-refractivity contribution in [1.82, 2.24) is 10.2 Å². The molecule has 4 rings (SSSR count). The van der Waals surface area contributed by atoms with Gasteiger partial charge in [0.1, 0.15) is 5.54 Å². The van der Waals surface area contributed by atoms with E-state index >= 15 is 0 Å². The minimum atomic E-state index is -0.997. The van der Waals surface area contributed by atoms with Gasteiger partial charge in [0, 0.05) is 0 Å². The Balaban J connectivity index is 1.56. The van der Waals surface area contributed by atoms with Gasteiger partial charge in [-0.05, 0) is 55.0 Å². The summed E-state index contributed by atoms with van der Waals surface area (Å²) in [6.45, 7) is 4.35. The van der Waals surface area contributed by atoms with Gasteiger partial charge in [-0.2, -0.15) is 0 Å². The number of likely N-dealkylation sites (tertiary alicyclic amines) is 1. The average molecular weight is 366 g/mol. The standard InChI is InChI=1S/C22H27N3O2/c1-22(19-12-11-17-9-5-6-10-18(17)15-19)20(26)25(21(27)23-22)16-24-13-7-3-2-4-8-14-24/h5-6,9-12,15H,2-4,7-8,13-14,16H2,1H3,(H,23,27)/p+1/t22-/m1/s1. The van der Waals surface area contributed by atoms with E-state index in [9.17, 15) is 9.59 Å². The number of benzene rings is 2. The van der Waals surface area contributed by atoms with Gasteiger partial charge in [0.05, 0.1) is 13.1 Å². The lowest BCUT2D eigenvalue weighted by Gasteiger charge is -2.26. The van der Waals surface area contributed by atoms with E-state index in [-0.39, 0.29) is 11.9 Å². The summed E-state index contributed by atoms with van der Waals surface area (Å²) in [6.07, 6.45) is 6.13. The van der Waals surface area contributed by atoms with Crippen LogP contribution >= 0.6 is 0 Å². The van der Waals surface area contributed by atoms with Gasteiger partial charge in [-0.1, -0.05) is 42.8 Å². The molecule has 2 N–H and O–H groups in total. The highest BCUT2D eigenvalue weighted by Gasteiger charge is 2.50. The third kappa shape index (κ3) is 3.44. The Morgan fingerprint density at radius 2 is 1.63 bits per heavy atom. The number of nitrogens with one attached hydrogen (secondary N) is 2. The Kier molecular flexibility index (Phi) is 4.87. The molecule has 2 heterocycles. The van der Waals surface area contributed by atoms with Crippen molar-refractivity contribution in [2.45, 2.75) is 44.6 Å². The molecule has 0 radical (unpaired) electrons. The third-order valence-electron chi connectivity index (χ3n) is 6.04. The van der Waals surface area contributed by atoms with Gasteiger partial charge in [-0.25, -0.2) is 9.69 Å². The molecule has 0 aliphatic carbocycles. The fraction of sp³-hybridized carbons (Fsp3) is 0.455. The number of amides is 3. The molecular weight excluding hydrogens is 338 g/mol. The number of imide groups is 1. The Morgan fingerprint density at radius 3 is 2.37 bits per heavy atom. The molecule has 2 aliphatic heterocycles. The highest BCUT2D eigenvalue weighted by Crippen LogP contribution is 2.30. The van der Waals surface area contributed by atoms with Gasteiger partial charge in [0.25, 0.3) is 5.91 Å². The van der Waals surface area contributed by atoms with Crippen molar-refractivity contribution in [3.8, 4) is 0 Å². The van der Waals surface area contributed by atoms with Crippen LogP contribution in [-0.4, -0.2) is 36.6 Å². The number of carbonyl (C=O) groups is 2. The van der Waals surface area contributed by atoms with Crippen LogP contribution in [0.5, 0.6) is 0 Å². The van der Waals surface area contributed by atoms with Crippen LogP contribution in [0.3, 0.4) is 0 Å². The Labute approximate surface area is 160 Å². The summed E-state index contributed by atoms with van der Waals surface area (Å²) in [6, 6.07) is 13.8. The molecule has 1 atom stereocenters. The van der Waals surface area contributed by atoms with E-state index in [0.29, 0.717) is 6.67 Å². The van der Waals surface area contributed by atoms with Gasteiger partial charge in [0.15, 0.2) is 6.67 Å². The molecular formula is C22H28N3O2+. The van der Waals surface area contributed by atoms with Crippen LogP contribution < -0.4 is 10.2 Å². The van der Waals surface area contributed by atoms with Crippen LogP contribution in [0, 0.1) is 0 Å². The highest BCUT2D eigenvalue weighted by atomic mass is 16.2. The molecule has 0 spiro atoms. The fourth-order valence-corrected chi connectivity index (χ4v) is 4.32. The number of carbonyl (C=O) groups excluding carboxylic acids is 2. The summed E-state index contributed by atoms with van der Waals surface area (Å²) < 4.78 is 0. The Bertz CT molecular complexity index is 858. The minimum absolute atomic E-state index is 0.141. The molecule has 3 amide bonds. The normalized spacial score (nSPS) is 24.7. The van der Waals surface area contributed by atoms with E-state index in [1.54, 1.807) is 0 Å². The second-order valence-corrected chi connectivity index (χ2v) is 8.03. The average Bonchev–Trinajstić information content (AvgIpc) is 2.87. The Morgan fingerprint density at radius 1 is 0.963 bits per heavy atom. The first-order valence-corrected chi connectivity index (χ1v) is 10.0. The summed E-state index contributed by atoms with van der Waals surface area (Å²) in [5.74, 6) is -0.141. The van der Waals surface area contributed by atoms with Crippen molar-refractivity contribution in [1.29, 1.82) is 0 Å². The maximum atomic E-state index is 13.2. The third-order valence-corrected chi connectivity index (χ3v) is 6.04. The first-order valence-electron chi connectivity index (χ1n) is 10.0. The molecule has 0 unspecified atom stereocenters. The molecule has 2 aromatic carbocycles. The predicted octanol–water partition coefficient (Wildman–Crippen LogP) is 2.41. The first-order chi connectivity index (χ1) is 13.1. The van der Waals surface area contributed by atoms with Crippen LogP contribution in [0.15, 0.2) is 42.5 Å². The van der Waals surface area contributed by atoms with Crippen molar-refractivity contribution in [3.63, 3.8) is 0 Å². The predicted molar refractivity (Wildman–Crippen MR) is 105 cm³/mol. The van der Waals surface area contributed by atoms with Gasteiger partial charge < -0.3 is 10.2 Å². The lowest BCUT2D eigenvalue weighted by atomic mass is 9.90. The molecule has 2 saturated heterocycles. The van der Waals surface area contributed by atoms with Gasteiger partial charge in [-0.15, -0.1) is 0 Å². The quantitative estimate of drug-likeness (QED) is 0.820. The zero-order chi connectivity index (χ0) is 18.9. The van der Waals surface area contributed by atoms with Crippen LogP contribution in [0.25, 0.3) is 10.8 Å². The highest BCUT2D eigenvalue weighted by molar-refractivity contribution is 6.07. The minimum Gasteiger partial charge on any atom is -0.319 e. The van der Waals surface area contributed by atoms with Crippen LogP contribution in [-0.2, 0) is 10.3 Å². The SMILES string of the molecule is C[C@]1(c2ccc3ccccc3c2)NC(=O)N(C[NH+]2CCCCCCC2)C1=O. The molecule has 2 aliphatic rings. The smallest absolute Gasteiger partial charge is 0.319 e. The molecule has 0 bridgehead atoms. The summed E-state index contributed by atoms with van der Waals surface area (Å²) in [5.41, 5.74) is -0.159. The largest absolute Gasteiger partial charge is 0.329 e. The summed E-state index contributed by atoms with van der Waals surface area (Å²) in [4.78, 5) is 28.6. The zero-order valence-electron chi connectivity index (χ0n) is 16.0. The van der Waals surface area contributed by atoms with E-state index in [1.165, 1.54) is 41.9 Å². The van der Waals surface area contributed by atoms with Gasteiger partial charge in [0.2, 0.25) is 0 Å². The number of urea groups is 1. The first kappa shape index (κ1) is 18.0. The second kappa shape index (κ2) is 7.31. The maximum absolute atomic E-state index is 13.2. The van der Waals surface area contributed by atoms with Crippen molar-refractivity contribution < 1.29 is 14.5 Å². The van der Waals surface area contributed by atoms with E-state index < -0.39 is 5.54 Å². The van der Waals surface area contributed by atoms with Crippen LogP contribution in [0.4, 0.5) is 4.79 Å². The van der Waals surface area contributed by atoms with E-state index in [4.69, 9.17) is 0 Å². The van der Waals surface area contributed by atoms with Crippen molar-refractivity contribution in [2.75, 3.05) is 19.8 Å². The number of nitrogens with zero attached hydrogens (tertiary/aromatic N) is 1. The van der Waals surface area contributed by atoms with Crippen molar-refractivity contribution >= 4 is 22.7 Å². The molecule has 5 heteroatoms. The van der Waals surface area contributed by atoms with Crippen LogP contribution in [0.2, 0.25) is 0 Å². The number of fused-ring (bicyclic) bond motifs is 1. The van der Waals surface area contributed by atoms with E-state index in [1.807, 2.05) is 49.4 Å². The maximum Gasteiger partial charge on any atom is 0.329 e. The topological polar surface area (TPSA) is 53.9 Å². The molecule has 2 fully saturated rings. The zero-order valence-corrected chi connectivity index (χ0v) is 16.0. The monoisotopic (exact) mass is 366 g/mol. The lowest BCUT2D eigenvalue weighted by Crippen LogP contribution is -3.13. The molecule has 142 valence electrons. The van der Waals surface area contributed by atoms with Crippen molar-refractivity contribution in [2.24, 2.45) is 0 Å². The summed E-state index contributed by atoms with van der Waals surface area (Å²) in [7, 11) is 0. The van der Waals surface area contributed by atoms with E-state index in [2.05, 4.69) is 5.32 Å². The summed E-state index contributed by atoms with van der Waals surface area (Å²) in [5, 5.41) is 5.16. The van der Waals surface area contributed by atoms with Crippen molar-refractivity contribution in [3.05, 3.63) is 48.0 Å². The van der Waals surface area contributed by atoms with Crippen LogP contribution in [0.1, 0.15) is 44.6 Å². The van der Waals surface area contributed by atoms with E-state index in [0.717, 1.165) is 29.4 Å². The van der Waals surface area contributed by atoms with Gasteiger partial charge in [-0.3, -0.25) is 4.79 Å². The van der Waals surface area contributed by atoms with Gasteiger partial charge >= 0.3 is 6.03 Å². The molecule has 5 nitrogen and oxygen atoms in total. The number of quaternary nitrogens is 1. The molecule has 2 aromatic rings. The summed E-state index contributed by atoms with van der Waals surface area (Å²) >= 11 is 0.